The molecule has 0 saturated carbocycles. The summed E-state index contributed by atoms with van der Waals surface area (Å²) in [4.78, 5) is 28.4. The molecule has 1 fully saturated rings. The molecule has 0 atom stereocenters. The Morgan fingerprint density at radius 3 is 2.67 bits per heavy atom. The summed E-state index contributed by atoms with van der Waals surface area (Å²) in [5.74, 6) is 0.856. The molecule has 1 aliphatic rings. The van der Waals surface area contributed by atoms with E-state index in [1.54, 1.807) is 31.3 Å². The largest absolute Gasteiger partial charge is 0.483 e. The molecule has 2 heterocycles. The van der Waals surface area contributed by atoms with Gasteiger partial charge in [-0.15, -0.1) is 0 Å². The fourth-order valence-corrected chi connectivity index (χ4v) is 2.69. The van der Waals surface area contributed by atoms with Gasteiger partial charge in [0.05, 0.1) is 26.8 Å². The van der Waals surface area contributed by atoms with Crippen LogP contribution in [0.2, 0.25) is 0 Å². The van der Waals surface area contributed by atoms with E-state index in [4.69, 9.17) is 9.47 Å². The fraction of sp³-hybridized carbons (Fsp3) is 0.412. The van der Waals surface area contributed by atoms with E-state index in [2.05, 4.69) is 10.3 Å². The first kappa shape index (κ1) is 18.8. The second-order valence-corrected chi connectivity index (χ2v) is 6.10. The Morgan fingerprint density at radius 2 is 2.04 bits per heavy atom. The lowest BCUT2D eigenvalue weighted by Crippen LogP contribution is -2.41. The predicted molar refractivity (Wildman–Crippen MR) is 96.5 cm³/mol. The number of imidazole rings is 1. The minimum absolute atomic E-state index is 0.0779. The quantitative estimate of drug-likeness (QED) is 0.571. The van der Waals surface area contributed by atoms with E-state index in [1.165, 1.54) is 10.8 Å². The van der Waals surface area contributed by atoms with Crippen molar-refractivity contribution < 1.29 is 19.2 Å². The van der Waals surface area contributed by atoms with Crippen LogP contribution in [0.15, 0.2) is 30.5 Å². The lowest BCUT2D eigenvalue weighted by molar-refractivity contribution is -0.391. The van der Waals surface area contributed by atoms with Crippen LogP contribution >= 0.6 is 0 Å². The van der Waals surface area contributed by atoms with Gasteiger partial charge in [0.1, 0.15) is 11.9 Å². The first-order chi connectivity index (χ1) is 13.0. The molecule has 0 unspecified atom stereocenters. The van der Waals surface area contributed by atoms with Gasteiger partial charge < -0.3 is 24.9 Å². The molecule has 0 spiro atoms. The van der Waals surface area contributed by atoms with Gasteiger partial charge in [-0.1, -0.05) is 0 Å². The van der Waals surface area contributed by atoms with Gasteiger partial charge in [-0.05, 0) is 29.2 Å². The number of morpholine rings is 1. The molecule has 0 radical (unpaired) electrons. The Morgan fingerprint density at radius 1 is 1.33 bits per heavy atom. The van der Waals surface area contributed by atoms with Crippen LogP contribution < -0.4 is 10.1 Å². The zero-order valence-electron chi connectivity index (χ0n) is 15.0. The molecule has 1 amide bonds. The molecule has 27 heavy (non-hydrogen) atoms. The zero-order chi connectivity index (χ0) is 19.2. The Labute approximate surface area is 155 Å². The van der Waals surface area contributed by atoms with E-state index in [0.29, 0.717) is 37.0 Å². The number of benzene rings is 1. The highest BCUT2D eigenvalue weighted by molar-refractivity contribution is 5.92. The van der Waals surface area contributed by atoms with E-state index in [9.17, 15) is 14.9 Å². The smallest absolute Gasteiger partial charge is 0.342 e. The Bertz CT molecular complexity index is 799. The number of carbonyl (C=O) groups is 1. The highest BCUT2D eigenvalue weighted by Crippen LogP contribution is 2.18. The number of aromatic nitrogens is 2. The molecule has 10 heteroatoms. The van der Waals surface area contributed by atoms with Crippen molar-refractivity contribution in [2.75, 3.05) is 38.2 Å². The van der Waals surface area contributed by atoms with E-state index < -0.39 is 4.92 Å². The number of hydrogen-bond acceptors (Lipinski definition) is 7. The predicted octanol–water partition coefficient (Wildman–Crippen LogP) is 1.18. The Balaban J connectivity index is 1.49. The molecule has 2 aromatic rings. The number of rotatable bonds is 7. The molecular weight excluding hydrogens is 354 g/mol. The summed E-state index contributed by atoms with van der Waals surface area (Å²) in [6.45, 7) is 3.25. The topological polar surface area (TPSA) is 112 Å². The number of nitrogens with one attached hydrogen (secondary N) is 1. The maximum absolute atomic E-state index is 12.1. The van der Waals surface area contributed by atoms with Crippen LogP contribution in [0.3, 0.4) is 0 Å². The van der Waals surface area contributed by atoms with E-state index in [-0.39, 0.29) is 18.3 Å². The number of nitro groups is 1. The van der Waals surface area contributed by atoms with Crippen LogP contribution in [-0.4, -0.2) is 58.1 Å². The van der Waals surface area contributed by atoms with E-state index in [0.717, 1.165) is 13.1 Å². The van der Waals surface area contributed by atoms with Gasteiger partial charge in [-0.25, -0.2) is 9.55 Å². The maximum Gasteiger partial charge on any atom is 0.342 e. The molecule has 3 rings (SSSR count). The molecule has 1 aromatic heterocycles. The molecule has 144 valence electrons. The van der Waals surface area contributed by atoms with Gasteiger partial charge in [-0.3, -0.25) is 9.69 Å². The molecule has 1 saturated heterocycles. The first-order valence-electron chi connectivity index (χ1n) is 8.51. The number of amides is 1. The summed E-state index contributed by atoms with van der Waals surface area (Å²) in [7, 11) is 1.57. The number of hydrogen-bond donors (Lipinski definition) is 1. The zero-order valence-corrected chi connectivity index (χ0v) is 15.0. The van der Waals surface area contributed by atoms with Crippen LogP contribution in [0, 0.1) is 10.1 Å². The Kier molecular flexibility index (Phi) is 5.99. The van der Waals surface area contributed by atoms with Crippen LogP contribution in [0.4, 0.5) is 11.5 Å². The minimum Gasteiger partial charge on any atom is -0.483 e. The molecule has 10 nitrogen and oxygen atoms in total. The monoisotopic (exact) mass is 375 g/mol. The molecule has 1 aromatic carbocycles. The van der Waals surface area contributed by atoms with Gasteiger partial charge in [0.2, 0.25) is 11.7 Å². The first-order valence-corrected chi connectivity index (χ1v) is 8.51. The van der Waals surface area contributed by atoms with Crippen LogP contribution in [0.5, 0.6) is 5.75 Å². The van der Waals surface area contributed by atoms with Crippen molar-refractivity contribution in [2.45, 2.75) is 6.61 Å². The van der Waals surface area contributed by atoms with Crippen molar-refractivity contribution in [3.05, 3.63) is 46.4 Å². The standard InChI is InChI=1S/C17H21N5O5/c1-20-15(18-10-17(20)22(24)25)12-27-14-4-2-13(3-5-14)19-16(23)11-21-6-8-26-9-7-21/h2-5,10H,6-9,11-12H2,1H3,(H,19,23). The molecule has 0 bridgehead atoms. The van der Waals surface area contributed by atoms with Crippen molar-refractivity contribution in [1.29, 1.82) is 0 Å². The van der Waals surface area contributed by atoms with Crippen molar-refractivity contribution in [2.24, 2.45) is 7.05 Å². The maximum atomic E-state index is 12.1. The third-order valence-electron chi connectivity index (χ3n) is 4.22. The Hall–Kier alpha value is -2.98. The lowest BCUT2D eigenvalue weighted by atomic mass is 10.3. The summed E-state index contributed by atoms with van der Waals surface area (Å²) in [5.41, 5.74) is 0.674. The van der Waals surface area contributed by atoms with Crippen molar-refractivity contribution >= 4 is 17.4 Å². The lowest BCUT2D eigenvalue weighted by Gasteiger charge is -2.25. The van der Waals surface area contributed by atoms with Gasteiger partial charge in [-0.2, -0.15) is 0 Å². The average Bonchev–Trinajstić information content (AvgIpc) is 3.03. The number of anilines is 1. The van der Waals surface area contributed by atoms with E-state index >= 15 is 0 Å². The SMILES string of the molecule is Cn1c([N+](=O)[O-])cnc1COc1ccc(NC(=O)CN2CCOCC2)cc1. The second kappa shape index (κ2) is 8.60. The molecule has 1 aliphatic heterocycles. The number of nitrogens with zero attached hydrogens (tertiary/aromatic N) is 4. The van der Waals surface area contributed by atoms with Crippen LogP contribution in [0.25, 0.3) is 0 Å². The third kappa shape index (κ3) is 5.02. The van der Waals surface area contributed by atoms with Crippen molar-refractivity contribution in [3.8, 4) is 5.75 Å². The highest BCUT2D eigenvalue weighted by atomic mass is 16.6. The summed E-state index contributed by atoms with van der Waals surface area (Å²) >= 11 is 0. The third-order valence-corrected chi connectivity index (χ3v) is 4.22. The van der Waals surface area contributed by atoms with Gasteiger partial charge in [0, 0.05) is 18.8 Å². The van der Waals surface area contributed by atoms with Gasteiger partial charge in [0.15, 0.2) is 6.61 Å². The van der Waals surface area contributed by atoms with Crippen LogP contribution in [0.1, 0.15) is 5.82 Å². The number of ether oxygens (including phenoxy) is 2. The number of carbonyl (C=O) groups excluding carboxylic acids is 1. The van der Waals surface area contributed by atoms with Crippen molar-refractivity contribution in [1.82, 2.24) is 14.5 Å². The fourth-order valence-electron chi connectivity index (χ4n) is 2.69. The second-order valence-electron chi connectivity index (χ2n) is 6.10. The summed E-state index contributed by atoms with van der Waals surface area (Å²) in [5, 5.41) is 13.7. The molecular formula is C17H21N5O5. The molecule has 0 aliphatic carbocycles. The summed E-state index contributed by atoms with van der Waals surface area (Å²) < 4.78 is 12.2. The molecule has 1 N–H and O–H groups in total. The minimum atomic E-state index is -0.495. The van der Waals surface area contributed by atoms with Gasteiger partial charge in [0.25, 0.3) is 0 Å². The summed E-state index contributed by atoms with van der Waals surface area (Å²) in [6, 6.07) is 6.93. The van der Waals surface area contributed by atoms with Crippen molar-refractivity contribution in [3.63, 3.8) is 0 Å². The van der Waals surface area contributed by atoms with Crippen LogP contribution in [-0.2, 0) is 23.2 Å². The highest BCUT2D eigenvalue weighted by Gasteiger charge is 2.17. The van der Waals surface area contributed by atoms with Gasteiger partial charge >= 0.3 is 5.82 Å². The summed E-state index contributed by atoms with van der Waals surface area (Å²) in [6.07, 6.45) is 1.20. The van der Waals surface area contributed by atoms with E-state index in [1.807, 2.05) is 4.90 Å². The average molecular weight is 375 g/mol. The normalized spacial score (nSPS) is 14.7.